The minimum absolute atomic E-state index is 0.0459. The first-order valence-electron chi connectivity index (χ1n) is 13.6. The van der Waals surface area contributed by atoms with E-state index in [1.807, 2.05) is 6.07 Å². The third-order valence-corrected chi connectivity index (χ3v) is 9.99. The van der Waals surface area contributed by atoms with Gasteiger partial charge in [0.05, 0.1) is 29.3 Å². The Bertz CT molecular complexity index is 1520. The molecule has 2 heterocycles. The van der Waals surface area contributed by atoms with Crippen molar-refractivity contribution < 1.29 is 17.9 Å². The number of fused-ring (bicyclic) bond motifs is 3. The standard InChI is InChI=1S/C29H33ClN4O4S/c1-33-13-11-23(31-33)15-28(35)32-39(36,37)24-8-10-27-26(16-24)34(17-20-4-2-5-20)18-29(19-38-27)12-3-6-21-14-22(30)7-9-25(21)29/h7-11,13-14,16,20H,2-6,12,15,17-19H2,1H3,(H,32,35)/t29-/m0/s1. The van der Waals surface area contributed by atoms with Crippen LogP contribution in [-0.2, 0) is 40.1 Å². The summed E-state index contributed by atoms with van der Waals surface area (Å²) < 4.78 is 36.8. The second kappa shape index (κ2) is 10.2. The number of sulfonamides is 1. The van der Waals surface area contributed by atoms with Gasteiger partial charge in [-0.3, -0.25) is 9.48 Å². The van der Waals surface area contributed by atoms with Gasteiger partial charge in [-0.2, -0.15) is 5.10 Å². The lowest BCUT2D eigenvalue weighted by Crippen LogP contribution is -2.47. The number of carbonyl (C=O) groups is 1. The molecule has 206 valence electrons. The quantitative estimate of drug-likeness (QED) is 0.474. The van der Waals surface area contributed by atoms with Crippen LogP contribution in [0.1, 0.15) is 48.9 Å². The van der Waals surface area contributed by atoms with E-state index < -0.39 is 15.9 Å². The summed E-state index contributed by atoms with van der Waals surface area (Å²) in [5, 5.41) is 4.91. The second-order valence-electron chi connectivity index (χ2n) is 11.2. The van der Waals surface area contributed by atoms with Crippen molar-refractivity contribution in [2.24, 2.45) is 13.0 Å². The molecule has 1 amide bonds. The van der Waals surface area contributed by atoms with Gasteiger partial charge in [0, 0.05) is 36.8 Å². The number of hydrogen-bond donors (Lipinski definition) is 1. The molecule has 0 unspecified atom stereocenters. The van der Waals surface area contributed by atoms with Crippen LogP contribution in [0.5, 0.6) is 5.75 Å². The maximum atomic E-state index is 13.3. The average molecular weight is 569 g/mol. The second-order valence-corrected chi connectivity index (χ2v) is 13.3. The van der Waals surface area contributed by atoms with Gasteiger partial charge >= 0.3 is 0 Å². The molecule has 1 atom stereocenters. The van der Waals surface area contributed by atoms with E-state index in [4.69, 9.17) is 16.3 Å². The molecule has 10 heteroatoms. The van der Waals surface area contributed by atoms with E-state index in [2.05, 4.69) is 26.9 Å². The van der Waals surface area contributed by atoms with Crippen LogP contribution >= 0.6 is 11.6 Å². The molecule has 1 aromatic heterocycles. The minimum Gasteiger partial charge on any atom is -0.490 e. The van der Waals surface area contributed by atoms with Gasteiger partial charge in [-0.05, 0) is 85.5 Å². The van der Waals surface area contributed by atoms with E-state index in [0.29, 0.717) is 24.0 Å². The highest BCUT2D eigenvalue weighted by atomic mass is 35.5. The number of hydrogen-bond acceptors (Lipinski definition) is 6. The first-order valence-corrected chi connectivity index (χ1v) is 15.4. The number of ether oxygens (including phenoxy) is 1. The summed E-state index contributed by atoms with van der Waals surface area (Å²) >= 11 is 6.34. The Balaban J connectivity index is 1.31. The Labute approximate surface area is 234 Å². The third kappa shape index (κ3) is 5.26. The van der Waals surface area contributed by atoms with Gasteiger partial charge < -0.3 is 9.64 Å². The molecular weight excluding hydrogens is 536 g/mol. The molecule has 0 bridgehead atoms. The van der Waals surface area contributed by atoms with Crippen LogP contribution in [0.3, 0.4) is 0 Å². The third-order valence-electron chi connectivity index (χ3n) is 8.38. The number of nitrogens with one attached hydrogen (secondary N) is 1. The van der Waals surface area contributed by atoms with Crippen LogP contribution in [0, 0.1) is 5.92 Å². The number of rotatable bonds is 6. The highest BCUT2D eigenvalue weighted by Crippen LogP contribution is 2.45. The number of carbonyl (C=O) groups excluding carboxylic acids is 1. The van der Waals surface area contributed by atoms with Gasteiger partial charge in [-0.15, -0.1) is 0 Å². The first-order chi connectivity index (χ1) is 18.7. The summed E-state index contributed by atoms with van der Waals surface area (Å²) in [6.45, 7) is 2.10. The van der Waals surface area contributed by atoms with Crippen molar-refractivity contribution in [3.8, 4) is 5.75 Å². The maximum absolute atomic E-state index is 13.3. The Morgan fingerprint density at radius 2 is 2.03 bits per heavy atom. The van der Waals surface area contributed by atoms with E-state index in [1.54, 1.807) is 36.1 Å². The summed E-state index contributed by atoms with van der Waals surface area (Å²) in [5.74, 6) is 0.619. The number of aryl methyl sites for hydroxylation is 2. The Morgan fingerprint density at radius 3 is 2.77 bits per heavy atom. The Hall–Kier alpha value is -3.04. The largest absolute Gasteiger partial charge is 0.490 e. The molecule has 3 aromatic rings. The van der Waals surface area contributed by atoms with Crippen molar-refractivity contribution >= 4 is 33.2 Å². The van der Waals surface area contributed by atoms with E-state index >= 15 is 0 Å². The number of nitrogens with zero attached hydrogens (tertiary/aromatic N) is 3. The van der Waals surface area contributed by atoms with E-state index in [9.17, 15) is 13.2 Å². The Morgan fingerprint density at radius 1 is 1.18 bits per heavy atom. The monoisotopic (exact) mass is 568 g/mol. The predicted octanol–water partition coefficient (Wildman–Crippen LogP) is 4.39. The molecular formula is C29H33ClN4O4S. The number of anilines is 1. The number of amides is 1. The topological polar surface area (TPSA) is 93.5 Å². The molecule has 8 nitrogen and oxygen atoms in total. The zero-order valence-corrected chi connectivity index (χ0v) is 23.6. The van der Waals surface area contributed by atoms with Crippen LogP contribution in [-0.4, -0.2) is 43.8 Å². The van der Waals surface area contributed by atoms with Gasteiger partial charge in [0.2, 0.25) is 5.91 Å². The number of halogens is 1. The Kier molecular flexibility index (Phi) is 6.83. The highest BCUT2D eigenvalue weighted by Gasteiger charge is 2.42. The normalized spacial score (nSPS) is 20.9. The summed E-state index contributed by atoms with van der Waals surface area (Å²) in [6, 6.07) is 12.8. The molecule has 0 radical (unpaired) electrons. The molecule has 39 heavy (non-hydrogen) atoms. The van der Waals surface area contributed by atoms with Crippen LogP contribution in [0.25, 0.3) is 0 Å². The lowest BCUT2D eigenvalue weighted by atomic mass is 9.70. The fourth-order valence-electron chi connectivity index (χ4n) is 6.21. The van der Waals surface area contributed by atoms with Gasteiger partial charge in [-0.25, -0.2) is 13.1 Å². The van der Waals surface area contributed by atoms with Gasteiger partial charge in [0.15, 0.2) is 0 Å². The van der Waals surface area contributed by atoms with Gasteiger partial charge in [-0.1, -0.05) is 24.1 Å². The maximum Gasteiger partial charge on any atom is 0.264 e. The fraction of sp³-hybridized carbons (Fsp3) is 0.448. The van der Waals surface area contributed by atoms with Crippen LogP contribution < -0.4 is 14.4 Å². The number of aromatic nitrogens is 2. The van der Waals surface area contributed by atoms with Gasteiger partial charge in [0.25, 0.3) is 10.0 Å². The van der Waals surface area contributed by atoms with Gasteiger partial charge in [0.1, 0.15) is 5.75 Å². The first kappa shape index (κ1) is 26.2. The van der Waals surface area contributed by atoms with Crippen LogP contribution in [0.2, 0.25) is 5.02 Å². The van der Waals surface area contributed by atoms with Crippen molar-refractivity contribution in [3.05, 3.63) is 70.5 Å². The zero-order chi connectivity index (χ0) is 27.2. The molecule has 6 rings (SSSR count). The SMILES string of the molecule is Cn1ccc(CC(=O)NS(=O)(=O)c2ccc3c(c2)N(CC2CCC2)C[C@@]2(CCCc4cc(Cl)ccc42)CO3)n1. The van der Waals surface area contributed by atoms with E-state index in [-0.39, 0.29) is 16.7 Å². The van der Waals surface area contributed by atoms with E-state index in [0.717, 1.165) is 43.1 Å². The average Bonchev–Trinajstić information content (AvgIpc) is 3.20. The molecule has 0 saturated heterocycles. The summed E-state index contributed by atoms with van der Waals surface area (Å²) in [5.41, 5.74) is 3.60. The molecule has 1 aliphatic heterocycles. The molecule has 2 aliphatic carbocycles. The highest BCUT2D eigenvalue weighted by molar-refractivity contribution is 7.90. The lowest BCUT2D eigenvalue weighted by Gasteiger charge is -2.42. The van der Waals surface area contributed by atoms with Crippen LogP contribution in [0.15, 0.2) is 53.6 Å². The summed E-state index contributed by atoms with van der Waals surface area (Å²) in [6.07, 6.45) is 8.21. The smallest absolute Gasteiger partial charge is 0.264 e. The van der Waals surface area contributed by atoms with Crippen molar-refractivity contribution in [1.82, 2.24) is 14.5 Å². The van der Waals surface area contributed by atoms with Crippen LogP contribution in [0.4, 0.5) is 5.69 Å². The van der Waals surface area contributed by atoms with Crippen molar-refractivity contribution in [3.63, 3.8) is 0 Å². The molecule has 1 spiro atoms. The molecule has 2 aromatic carbocycles. The fourth-order valence-corrected chi connectivity index (χ4v) is 7.41. The number of benzene rings is 2. The minimum atomic E-state index is -4.08. The lowest BCUT2D eigenvalue weighted by molar-refractivity contribution is -0.118. The molecule has 1 N–H and O–H groups in total. The molecule has 1 saturated carbocycles. The summed E-state index contributed by atoms with van der Waals surface area (Å²) in [7, 11) is -2.33. The molecule has 3 aliphatic rings. The van der Waals surface area contributed by atoms with E-state index in [1.165, 1.54) is 36.5 Å². The predicted molar refractivity (Wildman–Crippen MR) is 150 cm³/mol. The summed E-state index contributed by atoms with van der Waals surface area (Å²) in [4.78, 5) is 14.9. The van der Waals surface area contributed by atoms with Crippen molar-refractivity contribution in [2.75, 3.05) is 24.6 Å². The van der Waals surface area contributed by atoms with Crippen molar-refractivity contribution in [2.45, 2.75) is 55.3 Å². The van der Waals surface area contributed by atoms with Crippen molar-refractivity contribution in [1.29, 1.82) is 0 Å². The zero-order valence-electron chi connectivity index (χ0n) is 22.0. The molecule has 1 fully saturated rings.